The summed E-state index contributed by atoms with van der Waals surface area (Å²) in [5.41, 5.74) is 8.29. The summed E-state index contributed by atoms with van der Waals surface area (Å²) in [5, 5.41) is 3.21. The minimum atomic E-state index is 0.191. The van der Waals surface area contributed by atoms with Crippen molar-refractivity contribution < 1.29 is 0 Å². The van der Waals surface area contributed by atoms with E-state index in [4.69, 9.17) is 5.73 Å². The number of allylic oxidation sites excluding steroid dienone is 2. The Morgan fingerprint density at radius 2 is 2.06 bits per heavy atom. The first-order valence-corrected chi connectivity index (χ1v) is 5.81. The zero-order valence-corrected chi connectivity index (χ0v) is 11.3. The lowest BCUT2D eigenvalue weighted by molar-refractivity contribution is 0.393. The van der Waals surface area contributed by atoms with E-state index in [1.165, 1.54) is 0 Å². The van der Waals surface area contributed by atoms with Gasteiger partial charge < -0.3 is 16.0 Å². The fourth-order valence-corrected chi connectivity index (χ4v) is 1.54. The van der Waals surface area contributed by atoms with Gasteiger partial charge >= 0.3 is 0 Å². The van der Waals surface area contributed by atoms with E-state index in [0.29, 0.717) is 5.70 Å². The Morgan fingerprint density at radius 1 is 1.47 bits per heavy atom. The lowest BCUT2D eigenvalue weighted by atomic mass is 10.1. The summed E-state index contributed by atoms with van der Waals surface area (Å²) in [6.07, 6.45) is 4.69. The molecule has 0 saturated heterocycles. The molecule has 96 valence electrons. The SMILES string of the molecule is C=CCCN(C(=C)C)/C(=C/C(=C)N)C(C)NC. The van der Waals surface area contributed by atoms with Crippen LogP contribution in [0, 0.1) is 0 Å². The maximum Gasteiger partial charge on any atom is 0.0444 e. The zero-order valence-electron chi connectivity index (χ0n) is 11.3. The van der Waals surface area contributed by atoms with Gasteiger partial charge in [0, 0.05) is 29.7 Å². The van der Waals surface area contributed by atoms with Crippen molar-refractivity contribution in [2.75, 3.05) is 13.6 Å². The Balaban J connectivity index is 5.13. The van der Waals surface area contributed by atoms with Gasteiger partial charge in [0.05, 0.1) is 0 Å². The summed E-state index contributed by atoms with van der Waals surface area (Å²) in [5.74, 6) is 0. The summed E-state index contributed by atoms with van der Waals surface area (Å²) in [4.78, 5) is 2.14. The summed E-state index contributed by atoms with van der Waals surface area (Å²) >= 11 is 0. The van der Waals surface area contributed by atoms with Gasteiger partial charge in [0.15, 0.2) is 0 Å². The molecule has 3 nitrogen and oxygen atoms in total. The van der Waals surface area contributed by atoms with Crippen molar-refractivity contribution in [1.82, 2.24) is 10.2 Å². The van der Waals surface area contributed by atoms with Gasteiger partial charge in [-0.25, -0.2) is 0 Å². The van der Waals surface area contributed by atoms with Gasteiger partial charge in [-0.05, 0) is 33.4 Å². The van der Waals surface area contributed by atoms with Gasteiger partial charge in [-0.1, -0.05) is 19.2 Å². The second-order valence-corrected chi connectivity index (χ2v) is 4.12. The molecule has 1 atom stereocenters. The third kappa shape index (κ3) is 5.41. The van der Waals surface area contributed by atoms with Gasteiger partial charge in [0.1, 0.15) is 0 Å². The molecule has 0 aromatic rings. The van der Waals surface area contributed by atoms with E-state index in [2.05, 4.69) is 36.9 Å². The van der Waals surface area contributed by atoms with Crippen LogP contribution in [0.3, 0.4) is 0 Å². The largest absolute Gasteiger partial charge is 0.399 e. The molecular formula is C14H25N3. The van der Waals surface area contributed by atoms with Crippen molar-refractivity contribution in [2.45, 2.75) is 26.3 Å². The molecule has 0 heterocycles. The van der Waals surface area contributed by atoms with Crippen molar-refractivity contribution in [3.05, 3.63) is 49.0 Å². The Kier molecular flexibility index (Phi) is 7.06. The maximum absolute atomic E-state index is 5.68. The predicted molar refractivity (Wildman–Crippen MR) is 76.3 cm³/mol. The molecule has 3 N–H and O–H groups in total. The summed E-state index contributed by atoms with van der Waals surface area (Å²) in [6.45, 7) is 16.4. The second kappa shape index (κ2) is 7.74. The molecule has 0 aromatic heterocycles. The highest BCUT2D eigenvalue weighted by Crippen LogP contribution is 2.16. The summed E-state index contributed by atoms with van der Waals surface area (Å²) < 4.78 is 0. The molecule has 0 aromatic carbocycles. The Morgan fingerprint density at radius 3 is 2.41 bits per heavy atom. The summed E-state index contributed by atoms with van der Waals surface area (Å²) in [7, 11) is 1.92. The zero-order chi connectivity index (χ0) is 13.4. The fraction of sp³-hybridized carbons (Fsp3) is 0.429. The number of nitrogens with zero attached hydrogens (tertiary/aromatic N) is 1. The van der Waals surface area contributed by atoms with Gasteiger partial charge in [-0.15, -0.1) is 6.58 Å². The van der Waals surface area contributed by atoms with E-state index in [1.807, 2.05) is 26.1 Å². The molecule has 0 saturated carbocycles. The van der Waals surface area contributed by atoms with Crippen molar-refractivity contribution in [3.63, 3.8) is 0 Å². The van der Waals surface area contributed by atoms with Crippen molar-refractivity contribution in [2.24, 2.45) is 5.73 Å². The number of hydrogen-bond donors (Lipinski definition) is 2. The van der Waals surface area contributed by atoms with Crippen LogP contribution in [0.2, 0.25) is 0 Å². The fourth-order valence-electron chi connectivity index (χ4n) is 1.54. The molecule has 3 heteroatoms. The predicted octanol–water partition coefficient (Wildman–Crippen LogP) is 2.36. The number of nitrogens with two attached hydrogens (primary N) is 1. The Bertz CT molecular complexity index is 315. The van der Waals surface area contributed by atoms with Crippen LogP contribution in [0.1, 0.15) is 20.3 Å². The van der Waals surface area contributed by atoms with Crippen molar-refractivity contribution in [1.29, 1.82) is 0 Å². The van der Waals surface area contributed by atoms with Crippen LogP contribution in [0.15, 0.2) is 49.0 Å². The topological polar surface area (TPSA) is 41.3 Å². The Labute approximate surface area is 105 Å². The average molecular weight is 235 g/mol. The maximum atomic E-state index is 5.68. The van der Waals surface area contributed by atoms with Gasteiger partial charge in [0.25, 0.3) is 0 Å². The molecule has 0 aliphatic carbocycles. The highest BCUT2D eigenvalue weighted by molar-refractivity contribution is 5.24. The molecule has 0 spiro atoms. The van der Waals surface area contributed by atoms with E-state index in [-0.39, 0.29) is 6.04 Å². The standard InChI is InChI=1S/C14H25N3/c1-7-8-9-17(11(2)3)14(10-12(4)15)13(5)16-6/h7,10,13,16H,1-2,4,8-9,15H2,3,5-6H3/b14-10+. The van der Waals surface area contributed by atoms with Crippen LogP contribution in [-0.2, 0) is 0 Å². The Hall–Kier alpha value is -1.48. The first-order valence-electron chi connectivity index (χ1n) is 5.81. The van der Waals surface area contributed by atoms with Gasteiger partial charge in [-0.3, -0.25) is 0 Å². The minimum absolute atomic E-state index is 0.191. The number of nitrogens with one attached hydrogen (secondary N) is 1. The van der Waals surface area contributed by atoms with E-state index in [1.54, 1.807) is 0 Å². The first kappa shape index (κ1) is 15.5. The highest BCUT2D eigenvalue weighted by atomic mass is 15.2. The smallest absolute Gasteiger partial charge is 0.0444 e. The number of likely N-dealkylation sites (N-methyl/N-ethyl adjacent to an activating group) is 1. The monoisotopic (exact) mass is 235 g/mol. The van der Waals surface area contributed by atoms with E-state index < -0.39 is 0 Å². The average Bonchev–Trinajstić information content (AvgIpc) is 2.26. The molecular weight excluding hydrogens is 210 g/mol. The molecule has 17 heavy (non-hydrogen) atoms. The third-order valence-corrected chi connectivity index (χ3v) is 2.54. The lowest BCUT2D eigenvalue weighted by Gasteiger charge is -2.31. The quantitative estimate of drug-likeness (QED) is 0.501. The lowest BCUT2D eigenvalue weighted by Crippen LogP contribution is -2.35. The van der Waals surface area contributed by atoms with Crippen LogP contribution < -0.4 is 11.1 Å². The molecule has 0 aliphatic heterocycles. The molecule has 0 radical (unpaired) electrons. The molecule has 0 rings (SSSR count). The molecule has 0 aliphatic rings. The van der Waals surface area contributed by atoms with Gasteiger partial charge in [-0.2, -0.15) is 0 Å². The van der Waals surface area contributed by atoms with Crippen LogP contribution in [0.4, 0.5) is 0 Å². The molecule has 0 bridgehead atoms. The summed E-state index contributed by atoms with van der Waals surface area (Å²) in [6, 6.07) is 0.191. The normalized spacial score (nSPS) is 13.0. The molecule has 1 unspecified atom stereocenters. The van der Waals surface area contributed by atoms with E-state index >= 15 is 0 Å². The van der Waals surface area contributed by atoms with Crippen LogP contribution in [0.5, 0.6) is 0 Å². The number of hydrogen-bond acceptors (Lipinski definition) is 3. The molecule has 0 fully saturated rings. The van der Waals surface area contributed by atoms with Crippen molar-refractivity contribution >= 4 is 0 Å². The highest BCUT2D eigenvalue weighted by Gasteiger charge is 2.15. The molecule has 0 amide bonds. The van der Waals surface area contributed by atoms with Crippen LogP contribution in [-0.4, -0.2) is 24.5 Å². The third-order valence-electron chi connectivity index (χ3n) is 2.54. The van der Waals surface area contributed by atoms with Gasteiger partial charge in [0.2, 0.25) is 0 Å². The first-order chi connectivity index (χ1) is 7.93. The van der Waals surface area contributed by atoms with E-state index in [0.717, 1.165) is 24.4 Å². The number of rotatable bonds is 8. The van der Waals surface area contributed by atoms with Crippen LogP contribution in [0.25, 0.3) is 0 Å². The van der Waals surface area contributed by atoms with E-state index in [9.17, 15) is 0 Å². The van der Waals surface area contributed by atoms with Crippen molar-refractivity contribution in [3.8, 4) is 0 Å². The second-order valence-electron chi connectivity index (χ2n) is 4.12. The minimum Gasteiger partial charge on any atom is -0.399 e. The van der Waals surface area contributed by atoms with Crippen LogP contribution >= 0.6 is 0 Å².